The number of ether oxygens (including phenoxy) is 1. The third-order valence-electron chi connectivity index (χ3n) is 3.63. The SMILES string of the molecule is COc1ccc(Cl)cc1NC(=O)[C@@H]1CC(c2c(F)cccc2Cl)=NO1. The molecule has 0 spiro atoms. The molecule has 2 aromatic rings. The molecule has 2 aromatic carbocycles. The van der Waals surface area contributed by atoms with Crippen molar-refractivity contribution in [1.82, 2.24) is 0 Å². The molecular weight excluding hydrogens is 370 g/mol. The minimum Gasteiger partial charge on any atom is -0.495 e. The highest BCUT2D eigenvalue weighted by molar-refractivity contribution is 6.34. The molecule has 0 radical (unpaired) electrons. The number of hydrogen-bond acceptors (Lipinski definition) is 4. The molecule has 1 amide bonds. The summed E-state index contributed by atoms with van der Waals surface area (Å²) in [6.07, 6.45) is -0.815. The van der Waals surface area contributed by atoms with E-state index in [1.165, 1.54) is 19.2 Å². The second kappa shape index (κ2) is 7.29. The van der Waals surface area contributed by atoms with Gasteiger partial charge in [-0.2, -0.15) is 0 Å². The maximum Gasteiger partial charge on any atom is 0.268 e. The first-order chi connectivity index (χ1) is 12.0. The summed E-state index contributed by atoms with van der Waals surface area (Å²) in [5.41, 5.74) is 0.821. The Kier molecular flexibility index (Phi) is 5.11. The predicted octanol–water partition coefficient (Wildman–Crippen LogP) is 4.27. The maximum atomic E-state index is 14.0. The highest BCUT2D eigenvalue weighted by Gasteiger charge is 2.31. The van der Waals surface area contributed by atoms with Gasteiger partial charge in [0, 0.05) is 11.4 Å². The van der Waals surface area contributed by atoms with Gasteiger partial charge in [-0.3, -0.25) is 4.79 Å². The number of hydrogen-bond donors (Lipinski definition) is 1. The number of amides is 1. The summed E-state index contributed by atoms with van der Waals surface area (Å²) in [7, 11) is 1.48. The molecule has 3 rings (SSSR count). The second-order valence-electron chi connectivity index (χ2n) is 5.27. The Hall–Kier alpha value is -2.31. The van der Waals surface area contributed by atoms with Gasteiger partial charge in [0.2, 0.25) is 6.10 Å². The Labute approximate surface area is 153 Å². The molecule has 0 saturated carbocycles. The van der Waals surface area contributed by atoms with Crippen LogP contribution in [0.5, 0.6) is 5.75 Å². The molecule has 1 heterocycles. The fraction of sp³-hybridized carbons (Fsp3) is 0.176. The summed E-state index contributed by atoms with van der Waals surface area (Å²) in [6, 6.07) is 9.15. The molecule has 8 heteroatoms. The van der Waals surface area contributed by atoms with E-state index in [4.69, 9.17) is 32.8 Å². The average molecular weight is 383 g/mol. The number of oxime groups is 1. The zero-order valence-corrected chi connectivity index (χ0v) is 14.6. The van der Waals surface area contributed by atoms with E-state index in [1.54, 1.807) is 24.3 Å². The monoisotopic (exact) mass is 382 g/mol. The van der Waals surface area contributed by atoms with Gasteiger partial charge >= 0.3 is 0 Å². The van der Waals surface area contributed by atoms with E-state index < -0.39 is 17.8 Å². The zero-order valence-electron chi connectivity index (χ0n) is 13.1. The Balaban J connectivity index is 1.73. The van der Waals surface area contributed by atoms with Crippen molar-refractivity contribution >= 4 is 40.5 Å². The van der Waals surface area contributed by atoms with Gasteiger partial charge in [-0.25, -0.2) is 4.39 Å². The molecule has 1 aliphatic heterocycles. The summed E-state index contributed by atoms with van der Waals surface area (Å²) in [5, 5.41) is 7.13. The standard InChI is InChI=1S/C17H13Cl2FN2O3/c1-24-14-6-5-9(18)7-12(14)21-17(23)15-8-13(22-25-15)16-10(19)3-2-4-11(16)20/h2-7,15H,8H2,1H3,(H,21,23)/t15-/m0/s1. The van der Waals surface area contributed by atoms with Crippen molar-refractivity contribution in [3.8, 4) is 5.75 Å². The van der Waals surface area contributed by atoms with E-state index in [-0.39, 0.29) is 22.7 Å². The number of nitrogens with zero attached hydrogens (tertiary/aromatic N) is 1. The molecule has 0 unspecified atom stereocenters. The van der Waals surface area contributed by atoms with Crippen LogP contribution in [0.2, 0.25) is 10.0 Å². The van der Waals surface area contributed by atoms with Crippen LogP contribution in [-0.4, -0.2) is 24.8 Å². The molecule has 0 fully saturated rings. The number of benzene rings is 2. The Morgan fingerprint density at radius 2 is 2.16 bits per heavy atom. The molecule has 25 heavy (non-hydrogen) atoms. The van der Waals surface area contributed by atoms with Crippen LogP contribution in [0, 0.1) is 5.82 Å². The lowest BCUT2D eigenvalue weighted by Gasteiger charge is -2.13. The molecule has 0 saturated heterocycles. The first-order valence-corrected chi connectivity index (χ1v) is 8.06. The van der Waals surface area contributed by atoms with Gasteiger partial charge in [-0.05, 0) is 30.3 Å². The molecule has 1 N–H and O–H groups in total. The van der Waals surface area contributed by atoms with Gasteiger partial charge in [-0.15, -0.1) is 0 Å². The fourth-order valence-electron chi connectivity index (χ4n) is 2.43. The Morgan fingerprint density at radius 3 is 2.88 bits per heavy atom. The normalized spacial score (nSPS) is 16.2. The van der Waals surface area contributed by atoms with Gasteiger partial charge in [0.25, 0.3) is 5.91 Å². The van der Waals surface area contributed by atoms with Crippen LogP contribution < -0.4 is 10.1 Å². The lowest BCUT2D eigenvalue weighted by Crippen LogP contribution is -2.28. The Bertz CT molecular complexity index is 838. The average Bonchev–Trinajstić information content (AvgIpc) is 3.05. The summed E-state index contributed by atoms with van der Waals surface area (Å²) in [4.78, 5) is 17.6. The third-order valence-corrected chi connectivity index (χ3v) is 4.18. The highest BCUT2D eigenvalue weighted by atomic mass is 35.5. The number of halogens is 3. The Morgan fingerprint density at radius 1 is 1.36 bits per heavy atom. The number of carbonyl (C=O) groups is 1. The van der Waals surface area contributed by atoms with Crippen LogP contribution in [0.4, 0.5) is 10.1 Å². The largest absolute Gasteiger partial charge is 0.495 e. The molecule has 130 valence electrons. The van der Waals surface area contributed by atoms with Crippen LogP contribution in [0.15, 0.2) is 41.6 Å². The van der Waals surface area contributed by atoms with Crippen LogP contribution in [-0.2, 0) is 9.63 Å². The van der Waals surface area contributed by atoms with E-state index in [0.717, 1.165) is 0 Å². The van der Waals surface area contributed by atoms with E-state index in [2.05, 4.69) is 10.5 Å². The van der Waals surface area contributed by atoms with Gasteiger partial charge in [0.1, 0.15) is 11.6 Å². The minimum absolute atomic E-state index is 0.0926. The van der Waals surface area contributed by atoms with Crippen LogP contribution in [0.3, 0.4) is 0 Å². The van der Waals surface area contributed by atoms with Gasteiger partial charge in [0.05, 0.1) is 29.1 Å². The lowest BCUT2D eigenvalue weighted by atomic mass is 10.0. The summed E-state index contributed by atoms with van der Waals surface area (Å²) in [6.45, 7) is 0. The molecule has 5 nitrogen and oxygen atoms in total. The number of anilines is 1. The van der Waals surface area contributed by atoms with E-state index >= 15 is 0 Å². The number of carbonyl (C=O) groups excluding carboxylic acids is 1. The smallest absolute Gasteiger partial charge is 0.268 e. The number of nitrogens with one attached hydrogen (secondary N) is 1. The topological polar surface area (TPSA) is 59.9 Å². The molecule has 1 aliphatic rings. The zero-order chi connectivity index (χ0) is 18.0. The molecular formula is C17H13Cl2FN2O3. The van der Waals surface area contributed by atoms with E-state index in [0.29, 0.717) is 16.5 Å². The summed E-state index contributed by atoms with van der Waals surface area (Å²) >= 11 is 12.0. The van der Waals surface area contributed by atoms with Crippen molar-refractivity contribution in [3.63, 3.8) is 0 Å². The van der Waals surface area contributed by atoms with Crippen molar-refractivity contribution in [1.29, 1.82) is 0 Å². The molecule has 0 bridgehead atoms. The summed E-state index contributed by atoms with van der Waals surface area (Å²) < 4.78 is 19.1. The molecule has 0 aromatic heterocycles. The predicted molar refractivity (Wildman–Crippen MR) is 94.1 cm³/mol. The third kappa shape index (κ3) is 3.70. The van der Waals surface area contributed by atoms with E-state index in [9.17, 15) is 9.18 Å². The maximum absolute atomic E-state index is 14.0. The van der Waals surface area contributed by atoms with Crippen molar-refractivity contribution < 1.29 is 18.8 Å². The molecule has 0 aliphatic carbocycles. The van der Waals surface area contributed by atoms with Crippen molar-refractivity contribution in [2.45, 2.75) is 12.5 Å². The van der Waals surface area contributed by atoms with Gasteiger partial charge in [-0.1, -0.05) is 34.4 Å². The van der Waals surface area contributed by atoms with Crippen LogP contribution >= 0.6 is 23.2 Å². The second-order valence-corrected chi connectivity index (χ2v) is 6.11. The fourth-order valence-corrected chi connectivity index (χ4v) is 2.87. The van der Waals surface area contributed by atoms with Crippen LogP contribution in [0.1, 0.15) is 12.0 Å². The van der Waals surface area contributed by atoms with E-state index in [1.807, 2.05) is 0 Å². The first kappa shape index (κ1) is 17.5. The molecule has 1 atom stereocenters. The van der Waals surface area contributed by atoms with Gasteiger partial charge in [0.15, 0.2) is 0 Å². The van der Waals surface area contributed by atoms with Crippen LogP contribution in [0.25, 0.3) is 0 Å². The van der Waals surface area contributed by atoms with Crippen molar-refractivity contribution in [3.05, 3.63) is 57.8 Å². The van der Waals surface area contributed by atoms with Gasteiger partial charge < -0.3 is 14.9 Å². The quantitative estimate of drug-likeness (QED) is 0.858. The summed E-state index contributed by atoms with van der Waals surface area (Å²) in [5.74, 6) is -0.520. The highest BCUT2D eigenvalue weighted by Crippen LogP contribution is 2.29. The van der Waals surface area contributed by atoms with Crippen molar-refractivity contribution in [2.75, 3.05) is 12.4 Å². The minimum atomic E-state index is -0.908. The number of rotatable bonds is 4. The number of methoxy groups -OCH3 is 1. The van der Waals surface area contributed by atoms with Crippen molar-refractivity contribution in [2.24, 2.45) is 5.16 Å². The first-order valence-electron chi connectivity index (χ1n) is 7.31. The lowest BCUT2D eigenvalue weighted by molar-refractivity contribution is -0.125.